The number of nitrogens with zero attached hydrogens (tertiary/aromatic N) is 7. The molecule has 40 heavy (non-hydrogen) atoms. The molecule has 0 N–H and O–H groups in total. The zero-order valence-electron chi connectivity index (χ0n) is 24.4. The van der Waals surface area contributed by atoms with Crippen LogP contribution in [0.5, 0.6) is 6.01 Å². The number of piperazine rings is 1. The van der Waals surface area contributed by atoms with Crippen LogP contribution in [0.4, 0.5) is 16.3 Å². The first-order chi connectivity index (χ1) is 19.2. The molecule has 3 fully saturated rings. The third-order valence-electron chi connectivity index (χ3n) is 8.52. The van der Waals surface area contributed by atoms with Crippen LogP contribution in [0.3, 0.4) is 0 Å². The number of hydrogen-bond donors (Lipinski definition) is 0. The van der Waals surface area contributed by atoms with Crippen LogP contribution in [-0.2, 0) is 17.7 Å². The average Bonchev–Trinajstić information content (AvgIpc) is 3.71. The third-order valence-corrected chi connectivity index (χ3v) is 8.52. The molecule has 2 aromatic heterocycles. The molecule has 2 aromatic rings. The second kappa shape index (κ2) is 11.0. The average molecular weight is 550 g/mol. The fourth-order valence-corrected chi connectivity index (χ4v) is 6.11. The van der Waals surface area contributed by atoms with E-state index in [9.17, 15) is 4.79 Å². The van der Waals surface area contributed by atoms with Gasteiger partial charge in [0.15, 0.2) is 0 Å². The van der Waals surface area contributed by atoms with Gasteiger partial charge in [-0.25, -0.2) is 4.79 Å². The maximum atomic E-state index is 12.7. The van der Waals surface area contributed by atoms with Gasteiger partial charge in [0.2, 0.25) is 0 Å². The van der Waals surface area contributed by atoms with Crippen molar-refractivity contribution in [2.75, 3.05) is 62.7 Å². The van der Waals surface area contributed by atoms with Crippen molar-refractivity contribution in [2.45, 2.75) is 77.0 Å². The van der Waals surface area contributed by atoms with Crippen LogP contribution in [0.15, 0.2) is 18.5 Å². The minimum Gasteiger partial charge on any atom is -0.462 e. The first kappa shape index (κ1) is 27.1. The number of anilines is 2. The number of amides is 1. The van der Waals surface area contributed by atoms with Crippen molar-refractivity contribution < 1.29 is 14.3 Å². The maximum absolute atomic E-state index is 12.7. The molecule has 0 radical (unpaired) electrons. The Balaban J connectivity index is 1.23. The van der Waals surface area contributed by atoms with Crippen molar-refractivity contribution >= 4 is 17.6 Å². The van der Waals surface area contributed by atoms with Crippen LogP contribution in [0, 0.1) is 0 Å². The lowest BCUT2D eigenvalue weighted by atomic mass is 10.0. The summed E-state index contributed by atoms with van der Waals surface area (Å²) in [5.41, 5.74) is 4.37. The summed E-state index contributed by atoms with van der Waals surface area (Å²) in [6.07, 6.45) is 9.41. The van der Waals surface area contributed by atoms with E-state index in [0.717, 1.165) is 37.4 Å². The summed E-state index contributed by atoms with van der Waals surface area (Å²) in [6, 6.07) is 3.04. The lowest BCUT2D eigenvalue weighted by Gasteiger charge is -2.38. The van der Waals surface area contributed by atoms with Crippen LogP contribution in [0.1, 0.15) is 69.2 Å². The smallest absolute Gasteiger partial charge is 0.410 e. The number of fused-ring (bicyclic) bond motifs is 1. The fraction of sp³-hybridized carbons (Fsp3) is 0.667. The molecular weight excluding hydrogens is 506 g/mol. The predicted octanol–water partition coefficient (Wildman–Crippen LogP) is 3.84. The number of pyridine rings is 1. The van der Waals surface area contributed by atoms with E-state index in [4.69, 9.17) is 19.4 Å². The number of aromatic nitrogens is 3. The van der Waals surface area contributed by atoms with Gasteiger partial charge in [-0.05, 0) is 84.0 Å². The standard InChI is InChI=1S/C30H43N7O3/c1-30(2,3)40-29(38)36-16-14-35(15-17-36)27-24-10-13-37(26-18-31-11-9-23(26)21-7-8-21)19-25(24)32-28(33-27)39-20-22-6-5-12-34(22)4/h9,11,18,21-22H,5-8,10,12-17,19-20H2,1-4H3/t22-/m0/s1. The van der Waals surface area contributed by atoms with Crippen molar-refractivity contribution in [2.24, 2.45) is 0 Å². The molecule has 2 saturated heterocycles. The molecule has 10 nitrogen and oxygen atoms in total. The van der Waals surface area contributed by atoms with E-state index in [2.05, 4.69) is 32.8 Å². The summed E-state index contributed by atoms with van der Waals surface area (Å²) < 4.78 is 11.9. The summed E-state index contributed by atoms with van der Waals surface area (Å²) in [7, 11) is 2.16. The number of likely N-dealkylation sites (tertiary alicyclic amines) is 1. The molecule has 1 amide bonds. The number of ether oxygens (including phenoxy) is 2. The Labute approximate surface area is 237 Å². The van der Waals surface area contributed by atoms with Crippen molar-refractivity contribution in [3.05, 3.63) is 35.3 Å². The molecule has 10 heteroatoms. The summed E-state index contributed by atoms with van der Waals surface area (Å²) in [6.45, 7) is 11.6. The fourth-order valence-electron chi connectivity index (χ4n) is 6.11. The SMILES string of the molecule is CN1CCC[C@H]1COc1nc2c(c(N3CCN(C(=O)OC(C)(C)C)CC3)n1)CCN(c1cnccc1C1CC1)C2. The lowest BCUT2D eigenvalue weighted by Crippen LogP contribution is -2.50. The molecule has 6 rings (SSSR count). The van der Waals surface area contributed by atoms with Gasteiger partial charge in [0.1, 0.15) is 18.0 Å². The van der Waals surface area contributed by atoms with Gasteiger partial charge in [0.05, 0.1) is 24.1 Å². The molecule has 0 unspecified atom stereocenters. The monoisotopic (exact) mass is 549 g/mol. The second-order valence-corrected chi connectivity index (χ2v) is 12.7. The Morgan fingerprint density at radius 3 is 2.52 bits per heavy atom. The van der Waals surface area contributed by atoms with Crippen molar-refractivity contribution in [3.8, 4) is 6.01 Å². The zero-order chi connectivity index (χ0) is 27.9. The highest BCUT2D eigenvalue weighted by atomic mass is 16.6. The van der Waals surface area contributed by atoms with Gasteiger partial charge < -0.3 is 29.1 Å². The number of hydrogen-bond acceptors (Lipinski definition) is 9. The molecule has 0 spiro atoms. The van der Waals surface area contributed by atoms with Gasteiger partial charge >= 0.3 is 12.1 Å². The summed E-state index contributed by atoms with van der Waals surface area (Å²) in [5, 5.41) is 0. The Morgan fingerprint density at radius 1 is 1.02 bits per heavy atom. The quantitative estimate of drug-likeness (QED) is 0.533. The topological polar surface area (TPSA) is 87.2 Å². The van der Waals surface area contributed by atoms with E-state index in [1.807, 2.05) is 33.2 Å². The van der Waals surface area contributed by atoms with E-state index in [1.165, 1.54) is 36.1 Å². The van der Waals surface area contributed by atoms with Crippen molar-refractivity contribution in [3.63, 3.8) is 0 Å². The van der Waals surface area contributed by atoms with Crippen molar-refractivity contribution in [1.82, 2.24) is 24.8 Å². The maximum Gasteiger partial charge on any atom is 0.410 e. The second-order valence-electron chi connectivity index (χ2n) is 12.7. The van der Waals surface area contributed by atoms with E-state index in [-0.39, 0.29) is 6.09 Å². The molecule has 1 saturated carbocycles. The van der Waals surface area contributed by atoms with Crippen LogP contribution in [-0.4, -0.2) is 95.4 Å². The summed E-state index contributed by atoms with van der Waals surface area (Å²) in [5.74, 6) is 1.61. The predicted molar refractivity (Wildman–Crippen MR) is 154 cm³/mol. The Bertz CT molecular complexity index is 1220. The third kappa shape index (κ3) is 5.96. The Hall–Kier alpha value is -3.14. The molecule has 216 valence electrons. The molecule has 3 aliphatic heterocycles. The van der Waals surface area contributed by atoms with Gasteiger partial charge in [-0.2, -0.15) is 9.97 Å². The molecule has 1 aliphatic carbocycles. The molecule has 0 bridgehead atoms. The Morgan fingerprint density at radius 2 is 1.82 bits per heavy atom. The van der Waals surface area contributed by atoms with Crippen molar-refractivity contribution in [1.29, 1.82) is 0 Å². The lowest BCUT2D eigenvalue weighted by molar-refractivity contribution is 0.0240. The minimum absolute atomic E-state index is 0.250. The van der Waals surface area contributed by atoms with Gasteiger partial charge in [0, 0.05) is 50.5 Å². The highest BCUT2D eigenvalue weighted by molar-refractivity contribution is 5.69. The van der Waals surface area contributed by atoms with E-state index < -0.39 is 5.60 Å². The van der Waals surface area contributed by atoms with Gasteiger partial charge in [0.25, 0.3) is 0 Å². The molecule has 0 aromatic carbocycles. The first-order valence-electron chi connectivity index (χ1n) is 14.9. The molecule has 5 heterocycles. The highest BCUT2D eigenvalue weighted by Crippen LogP contribution is 2.45. The van der Waals surface area contributed by atoms with Crippen LogP contribution in [0.25, 0.3) is 0 Å². The summed E-state index contributed by atoms with van der Waals surface area (Å²) in [4.78, 5) is 36.0. The zero-order valence-corrected chi connectivity index (χ0v) is 24.4. The molecule has 1 atom stereocenters. The van der Waals surface area contributed by atoms with E-state index in [0.29, 0.717) is 57.3 Å². The number of rotatable bonds is 6. The van der Waals surface area contributed by atoms with Crippen LogP contribution >= 0.6 is 0 Å². The number of carbonyl (C=O) groups is 1. The normalized spacial score (nSPS) is 21.9. The first-order valence-corrected chi connectivity index (χ1v) is 14.9. The Kier molecular flexibility index (Phi) is 7.46. The van der Waals surface area contributed by atoms with Gasteiger partial charge in [-0.3, -0.25) is 4.98 Å². The van der Waals surface area contributed by atoms with Crippen LogP contribution < -0.4 is 14.5 Å². The summed E-state index contributed by atoms with van der Waals surface area (Å²) >= 11 is 0. The molecule has 4 aliphatic rings. The van der Waals surface area contributed by atoms with Gasteiger partial charge in [-0.1, -0.05) is 0 Å². The number of carbonyl (C=O) groups excluding carboxylic acids is 1. The van der Waals surface area contributed by atoms with Gasteiger partial charge in [-0.15, -0.1) is 0 Å². The largest absolute Gasteiger partial charge is 0.462 e. The number of likely N-dealkylation sites (N-methyl/N-ethyl adjacent to an activating group) is 1. The van der Waals surface area contributed by atoms with E-state index >= 15 is 0 Å². The van der Waals surface area contributed by atoms with E-state index in [1.54, 1.807) is 4.90 Å². The molecular formula is C30H43N7O3. The minimum atomic E-state index is -0.501. The van der Waals surface area contributed by atoms with Crippen LogP contribution in [0.2, 0.25) is 0 Å². The highest BCUT2D eigenvalue weighted by Gasteiger charge is 2.33.